The number of hydrogen-bond acceptors (Lipinski definition) is 3. The van der Waals surface area contributed by atoms with E-state index in [2.05, 4.69) is 5.32 Å². The molecule has 0 aliphatic carbocycles. The number of hydrogen-bond donors (Lipinski definition) is 2. The fraction of sp³-hybridized carbons (Fsp3) is 0.364. The highest BCUT2D eigenvalue weighted by atomic mass is 35.5. The summed E-state index contributed by atoms with van der Waals surface area (Å²) in [7, 11) is 0. The van der Waals surface area contributed by atoms with Crippen LogP contribution >= 0.6 is 23.4 Å². The van der Waals surface area contributed by atoms with Crippen LogP contribution in [0.3, 0.4) is 0 Å². The number of anilines is 1. The normalized spacial score (nSPS) is 10.1. The van der Waals surface area contributed by atoms with Gasteiger partial charge in [-0.2, -0.15) is 11.8 Å². The summed E-state index contributed by atoms with van der Waals surface area (Å²) in [5, 5.41) is 3.41. The zero-order valence-corrected chi connectivity index (χ0v) is 10.5. The molecule has 0 aromatic heterocycles. The van der Waals surface area contributed by atoms with Crippen molar-refractivity contribution in [1.82, 2.24) is 0 Å². The third kappa shape index (κ3) is 5.39. The average Bonchev–Trinajstić information content (AvgIpc) is 2.24. The summed E-state index contributed by atoms with van der Waals surface area (Å²) in [5.41, 5.74) is 6.09. The van der Waals surface area contributed by atoms with Gasteiger partial charge in [-0.05, 0) is 18.2 Å². The van der Waals surface area contributed by atoms with Gasteiger partial charge in [0.05, 0.1) is 0 Å². The van der Waals surface area contributed by atoms with Crippen molar-refractivity contribution in [3.8, 4) is 0 Å². The Morgan fingerprint density at radius 1 is 1.44 bits per heavy atom. The predicted octanol–water partition coefficient (Wildman–Crippen LogP) is 2.36. The minimum atomic E-state index is 0.00629. The smallest absolute Gasteiger partial charge is 0.225 e. The molecule has 0 aliphatic rings. The Hall–Kier alpha value is -0.710. The van der Waals surface area contributed by atoms with Gasteiger partial charge in [0.15, 0.2) is 0 Å². The van der Waals surface area contributed by atoms with Crippen molar-refractivity contribution in [3.05, 3.63) is 29.3 Å². The van der Waals surface area contributed by atoms with Crippen LogP contribution in [-0.4, -0.2) is 24.0 Å². The lowest BCUT2D eigenvalue weighted by Crippen LogP contribution is -2.12. The van der Waals surface area contributed by atoms with E-state index in [-0.39, 0.29) is 5.91 Å². The molecule has 0 atom stereocenters. The quantitative estimate of drug-likeness (QED) is 0.771. The van der Waals surface area contributed by atoms with Gasteiger partial charge in [0, 0.05) is 35.2 Å². The molecule has 3 N–H and O–H groups in total. The number of carbonyl (C=O) groups excluding carboxylic acids is 1. The van der Waals surface area contributed by atoms with Crippen molar-refractivity contribution in [2.75, 3.05) is 23.4 Å². The van der Waals surface area contributed by atoms with Crippen molar-refractivity contribution < 1.29 is 4.79 Å². The van der Waals surface area contributed by atoms with E-state index >= 15 is 0 Å². The fourth-order valence-corrected chi connectivity index (χ4v) is 2.03. The summed E-state index contributed by atoms with van der Waals surface area (Å²) >= 11 is 7.49. The van der Waals surface area contributed by atoms with E-state index in [1.807, 2.05) is 6.07 Å². The molecular formula is C11H15ClN2OS. The van der Waals surface area contributed by atoms with E-state index in [4.69, 9.17) is 17.3 Å². The number of halogens is 1. The summed E-state index contributed by atoms with van der Waals surface area (Å²) < 4.78 is 0. The van der Waals surface area contributed by atoms with Crippen molar-refractivity contribution in [2.24, 2.45) is 5.73 Å². The molecular weight excluding hydrogens is 244 g/mol. The van der Waals surface area contributed by atoms with Crippen LogP contribution < -0.4 is 11.1 Å². The third-order valence-electron chi connectivity index (χ3n) is 1.84. The first-order valence-corrected chi connectivity index (χ1v) is 6.59. The molecule has 0 radical (unpaired) electrons. The van der Waals surface area contributed by atoms with Crippen LogP contribution in [0.25, 0.3) is 0 Å². The number of nitrogens with one attached hydrogen (secondary N) is 1. The van der Waals surface area contributed by atoms with Gasteiger partial charge < -0.3 is 11.1 Å². The molecule has 1 rings (SSSR count). The van der Waals surface area contributed by atoms with Gasteiger partial charge in [-0.15, -0.1) is 0 Å². The highest BCUT2D eigenvalue weighted by Gasteiger charge is 2.02. The van der Waals surface area contributed by atoms with E-state index in [1.165, 1.54) is 0 Å². The molecule has 1 aromatic rings. The first-order valence-electron chi connectivity index (χ1n) is 5.05. The number of rotatable bonds is 6. The SMILES string of the molecule is NCCSCCC(=O)Nc1cccc(Cl)c1. The number of thioether (sulfide) groups is 1. The van der Waals surface area contributed by atoms with Gasteiger partial charge in [-0.3, -0.25) is 4.79 Å². The molecule has 5 heteroatoms. The van der Waals surface area contributed by atoms with Crippen LogP contribution in [0.2, 0.25) is 5.02 Å². The Morgan fingerprint density at radius 3 is 2.94 bits per heavy atom. The molecule has 1 aromatic carbocycles. The maximum absolute atomic E-state index is 11.5. The first-order chi connectivity index (χ1) is 7.72. The van der Waals surface area contributed by atoms with E-state index < -0.39 is 0 Å². The molecule has 0 saturated carbocycles. The zero-order valence-electron chi connectivity index (χ0n) is 8.91. The molecule has 0 aliphatic heterocycles. The second-order valence-electron chi connectivity index (χ2n) is 3.21. The summed E-state index contributed by atoms with van der Waals surface area (Å²) in [6.07, 6.45) is 0.497. The van der Waals surface area contributed by atoms with Gasteiger partial charge in [0.1, 0.15) is 0 Å². The minimum Gasteiger partial charge on any atom is -0.330 e. The molecule has 0 saturated heterocycles. The molecule has 0 bridgehead atoms. The Labute approximate surface area is 105 Å². The first kappa shape index (κ1) is 13.4. The molecule has 3 nitrogen and oxygen atoms in total. The lowest BCUT2D eigenvalue weighted by molar-refractivity contribution is -0.115. The van der Waals surface area contributed by atoms with Gasteiger partial charge >= 0.3 is 0 Å². The van der Waals surface area contributed by atoms with Crippen molar-refractivity contribution in [2.45, 2.75) is 6.42 Å². The molecule has 0 unspecified atom stereocenters. The van der Waals surface area contributed by atoms with Crippen LogP contribution in [0.5, 0.6) is 0 Å². The molecule has 0 fully saturated rings. The Morgan fingerprint density at radius 2 is 2.25 bits per heavy atom. The van der Waals surface area contributed by atoms with Gasteiger partial charge in [-0.25, -0.2) is 0 Å². The average molecular weight is 259 g/mol. The number of benzene rings is 1. The van der Waals surface area contributed by atoms with E-state index in [0.717, 1.165) is 17.2 Å². The van der Waals surface area contributed by atoms with Crippen LogP contribution in [0, 0.1) is 0 Å². The van der Waals surface area contributed by atoms with E-state index in [1.54, 1.807) is 30.0 Å². The monoisotopic (exact) mass is 258 g/mol. The van der Waals surface area contributed by atoms with Crippen LogP contribution in [-0.2, 0) is 4.79 Å². The summed E-state index contributed by atoms with van der Waals surface area (Å²) in [6.45, 7) is 0.653. The topological polar surface area (TPSA) is 55.1 Å². The van der Waals surface area contributed by atoms with Crippen LogP contribution in [0.15, 0.2) is 24.3 Å². The molecule has 16 heavy (non-hydrogen) atoms. The fourth-order valence-electron chi connectivity index (χ4n) is 1.14. The lowest BCUT2D eigenvalue weighted by Gasteiger charge is -2.05. The molecule has 1 amide bonds. The summed E-state index contributed by atoms with van der Waals surface area (Å²) in [5.74, 6) is 1.69. The second-order valence-corrected chi connectivity index (χ2v) is 4.87. The maximum Gasteiger partial charge on any atom is 0.225 e. The Kier molecular flexibility index (Phi) is 6.30. The maximum atomic E-state index is 11.5. The predicted molar refractivity (Wildman–Crippen MR) is 71.1 cm³/mol. The minimum absolute atomic E-state index is 0.00629. The highest BCUT2D eigenvalue weighted by molar-refractivity contribution is 7.99. The number of amides is 1. The largest absolute Gasteiger partial charge is 0.330 e. The van der Waals surface area contributed by atoms with E-state index in [9.17, 15) is 4.79 Å². The van der Waals surface area contributed by atoms with Gasteiger partial charge in [-0.1, -0.05) is 17.7 Å². The highest BCUT2D eigenvalue weighted by Crippen LogP contribution is 2.15. The summed E-state index contributed by atoms with van der Waals surface area (Å²) in [6, 6.07) is 7.12. The second kappa shape index (κ2) is 7.54. The van der Waals surface area contributed by atoms with E-state index in [0.29, 0.717) is 18.0 Å². The Balaban J connectivity index is 2.29. The third-order valence-corrected chi connectivity index (χ3v) is 3.10. The van der Waals surface area contributed by atoms with Crippen molar-refractivity contribution >= 4 is 35.0 Å². The van der Waals surface area contributed by atoms with Crippen molar-refractivity contribution in [3.63, 3.8) is 0 Å². The molecule has 0 heterocycles. The van der Waals surface area contributed by atoms with Crippen LogP contribution in [0.1, 0.15) is 6.42 Å². The number of nitrogens with two attached hydrogens (primary N) is 1. The van der Waals surface area contributed by atoms with Crippen molar-refractivity contribution in [1.29, 1.82) is 0 Å². The van der Waals surface area contributed by atoms with Crippen LogP contribution in [0.4, 0.5) is 5.69 Å². The van der Waals surface area contributed by atoms with Gasteiger partial charge in [0.25, 0.3) is 0 Å². The zero-order chi connectivity index (χ0) is 11.8. The van der Waals surface area contributed by atoms with Gasteiger partial charge in [0.2, 0.25) is 5.91 Å². The summed E-state index contributed by atoms with van der Waals surface area (Å²) in [4.78, 5) is 11.5. The lowest BCUT2D eigenvalue weighted by atomic mass is 10.3. The number of carbonyl (C=O) groups is 1. The molecule has 0 spiro atoms. The standard InChI is InChI=1S/C11H15ClN2OS/c12-9-2-1-3-10(8-9)14-11(15)4-6-16-7-5-13/h1-3,8H,4-7,13H2,(H,14,15). The Bertz CT molecular complexity index is 347. The molecule has 88 valence electrons.